The Bertz CT molecular complexity index is 891. The Labute approximate surface area is 105 Å². The maximum atomic E-state index is 13.1. The molecule has 19 heavy (non-hydrogen) atoms. The number of aromatic amines is 3. The molecule has 7 heteroatoms. The van der Waals surface area contributed by atoms with Crippen LogP contribution in [0, 0.1) is 12.7 Å². The second-order valence-corrected chi connectivity index (χ2v) is 4.18. The predicted octanol–water partition coefficient (Wildman–Crippen LogP) is 1.05. The fraction of sp³-hybridized carbons (Fsp3) is 0.0833. The molecule has 0 fully saturated rings. The van der Waals surface area contributed by atoms with E-state index < -0.39 is 11.2 Å². The van der Waals surface area contributed by atoms with E-state index in [0.717, 1.165) is 0 Å². The van der Waals surface area contributed by atoms with Crippen LogP contribution in [0.5, 0.6) is 0 Å². The summed E-state index contributed by atoms with van der Waals surface area (Å²) in [5.74, 6) is 0.0588. The van der Waals surface area contributed by atoms with Crippen LogP contribution in [0.25, 0.3) is 22.6 Å². The summed E-state index contributed by atoms with van der Waals surface area (Å²) >= 11 is 0. The number of imidazole rings is 1. The van der Waals surface area contributed by atoms with Gasteiger partial charge in [0.05, 0.1) is 0 Å². The summed E-state index contributed by atoms with van der Waals surface area (Å²) in [5.41, 5.74) is 0.533. The van der Waals surface area contributed by atoms with Gasteiger partial charge >= 0.3 is 5.69 Å². The zero-order chi connectivity index (χ0) is 13.6. The van der Waals surface area contributed by atoms with E-state index in [2.05, 4.69) is 19.9 Å². The molecule has 3 N–H and O–H groups in total. The Hall–Kier alpha value is -2.70. The molecule has 0 aliphatic rings. The lowest BCUT2D eigenvalue weighted by molar-refractivity contribution is 0.627. The SMILES string of the molecule is Cc1cc(F)ccc1-c1nc2[nH]c(=O)[nH]c(=O)c2[nH]1. The van der Waals surface area contributed by atoms with Gasteiger partial charge < -0.3 is 4.98 Å². The van der Waals surface area contributed by atoms with Gasteiger partial charge in [-0.15, -0.1) is 0 Å². The average molecular weight is 260 g/mol. The quantitative estimate of drug-likeness (QED) is 0.610. The minimum Gasteiger partial charge on any atom is -0.332 e. The number of nitrogens with one attached hydrogen (secondary N) is 3. The number of fused-ring (bicyclic) bond motifs is 1. The molecule has 2 aromatic heterocycles. The number of aromatic nitrogens is 4. The lowest BCUT2D eigenvalue weighted by Crippen LogP contribution is -2.21. The topological polar surface area (TPSA) is 94.4 Å². The molecule has 0 bridgehead atoms. The Balaban J connectivity index is 2.29. The highest BCUT2D eigenvalue weighted by molar-refractivity contribution is 5.75. The second-order valence-electron chi connectivity index (χ2n) is 4.18. The fourth-order valence-electron chi connectivity index (χ4n) is 1.95. The molecule has 0 aliphatic carbocycles. The van der Waals surface area contributed by atoms with Gasteiger partial charge in [0.2, 0.25) is 0 Å². The number of benzene rings is 1. The van der Waals surface area contributed by atoms with Crippen molar-refractivity contribution >= 4 is 11.2 Å². The molecule has 6 nitrogen and oxygen atoms in total. The lowest BCUT2D eigenvalue weighted by Gasteiger charge is -2.01. The number of halogens is 1. The van der Waals surface area contributed by atoms with Crippen LogP contribution < -0.4 is 11.2 Å². The number of rotatable bonds is 1. The molecule has 0 saturated heterocycles. The number of aryl methyl sites for hydroxylation is 1. The lowest BCUT2D eigenvalue weighted by atomic mass is 10.1. The standard InChI is InChI=1S/C12H9FN4O2/c1-5-4-6(13)2-3-7(5)9-14-8-10(15-9)16-12(19)17-11(8)18/h2-4H,1H3,(H3,14,15,16,17,18,19). The van der Waals surface area contributed by atoms with Crippen LogP contribution in [0.2, 0.25) is 0 Å². The number of H-pyrrole nitrogens is 3. The number of hydrogen-bond acceptors (Lipinski definition) is 3. The monoisotopic (exact) mass is 260 g/mol. The van der Waals surface area contributed by atoms with Crippen molar-refractivity contribution in [3.8, 4) is 11.4 Å². The van der Waals surface area contributed by atoms with Gasteiger partial charge in [-0.25, -0.2) is 14.2 Å². The van der Waals surface area contributed by atoms with Crippen LogP contribution in [-0.4, -0.2) is 19.9 Å². The maximum Gasteiger partial charge on any atom is 0.327 e. The molecule has 96 valence electrons. The zero-order valence-corrected chi connectivity index (χ0v) is 9.87. The van der Waals surface area contributed by atoms with Gasteiger partial charge in [0, 0.05) is 5.56 Å². The summed E-state index contributed by atoms with van der Waals surface area (Å²) in [7, 11) is 0. The summed E-state index contributed by atoms with van der Waals surface area (Å²) < 4.78 is 13.1. The smallest absolute Gasteiger partial charge is 0.327 e. The second kappa shape index (κ2) is 3.91. The van der Waals surface area contributed by atoms with Crippen molar-refractivity contribution in [2.24, 2.45) is 0 Å². The molecule has 0 radical (unpaired) electrons. The normalized spacial score (nSPS) is 11.1. The molecule has 0 unspecified atom stereocenters. The van der Waals surface area contributed by atoms with E-state index in [1.54, 1.807) is 13.0 Å². The number of nitrogens with zero attached hydrogens (tertiary/aromatic N) is 1. The minimum absolute atomic E-state index is 0.174. The van der Waals surface area contributed by atoms with Crippen LogP contribution in [-0.2, 0) is 0 Å². The molecule has 3 aromatic rings. The van der Waals surface area contributed by atoms with Gasteiger partial charge in [0.1, 0.15) is 17.2 Å². The van der Waals surface area contributed by atoms with E-state index >= 15 is 0 Å². The van der Waals surface area contributed by atoms with E-state index in [4.69, 9.17) is 0 Å². The molecular weight excluding hydrogens is 251 g/mol. The maximum absolute atomic E-state index is 13.1. The molecule has 2 heterocycles. The summed E-state index contributed by atoms with van der Waals surface area (Å²) in [5, 5.41) is 0. The molecular formula is C12H9FN4O2. The van der Waals surface area contributed by atoms with Crippen molar-refractivity contribution < 1.29 is 4.39 Å². The van der Waals surface area contributed by atoms with E-state index in [1.165, 1.54) is 12.1 Å². The van der Waals surface area contributed by atoms with E-state index in [9.17, 15) is 14.0 Å². The molecule has 0 spiro atoms. The minimum atomic E-state index is -0.619. The van der Waals surface area contributed by atoms with Crippen LogP contribution in [0.15, 0.2) is 27.8 Å². The Morgan fingerprint density at radius 1 is 1.16 bits per heavy atom. The van der Waals surface area contributed by atoms with Crippen LogP contribution in [0.3, 0.4) is 0 Å². The van der Waals surface area contributed by atoms with Gasteiger partial charge in [-0.1, -0.05) is 0 Å². The van der Waals surface area contributed by atoms with Gasteiger partial charge in [0.25, 0.3) is 5.56 Å². The highest BCUT2D eigenvalue weighted by atomic mass is 19.1. The Kier molecular flexibility index (Phi) is 2.34. The summed E-state index contributed by atoms with van der Waals surface area (Å²) in [4.78, 5) is 34.2. The number of hydrogen-bond donors (Lipinski definition) is 3. The first-order valence-electron chi connectivity index (χ1n) is 5.53. The first kappa shape index (κ1) is 11.4. The molecule has 0 aliphatic heterocycles. The average Bonchev–Trinajstić information content (AvgIpc) is 2.72. The van der Waals surface area contributed by atoms with Crippen molar-refractivity contribution in [2.45, 2.75) is 6.92 Å². The van der Waals surface area contributed by atoms with Crippen molar-refractivity contribution in [2.75, 3.05) is 0 Å². The van der Waals surface area contributed by atoms with Crippen molar-refractivity contribution in [3.05, 3.63) is 50.4 Å². The molecule has 0 atom stereocenters. The van der Waals surface area contributed by atoms with Gasteiger partial charge in [-0.3, -0.25) is 14.8 Å². The largest absolute Gasteiger partial charge is 0.332 e. The van der Waals surface area contributed by atoms with Gasteiger partial charge in [-0.05, 0) is 30.7 Å². The molecule has 0 amide bonds. The summed E-state index contributed by atoms with van der Waals surface area (Å²) in [6.07, 6.45) is 0. The third-order valence-electron chi connectivity index (χ3n) is 2.83. The zero-order valence-electron chi connectivity index (χ0n) is 9.87. The van der Waals surface area contributed by atoms with E-state index in [0.29, 0.717) is 17.0 Å². The predicted molar refractivity (Wildman–Crippen MR) is 67.5 cm³/mol. The summed E-state index contributed by atoms with van der Waals surface area (Å²) in [6, 6.07) is 4.24. The van der Waals surface area contributed by atoms with Gasteiger partial charge in [0.15, 0.2) is 5.65 Å². The molecule has 3 rings (SSSR count). The van der Waals surface area contributed by atoms with Crippen LogP contribution >= 0.6 is 0 Å². The van der Waals surface area contributed by atoms with Gasteiger partial charge in [-0.2, -0.15) is 0 Å². The Morgan fingerprint density at radius 2 is 1.95 bits per heavy atom. The third kappa shape index (κ3) is 1.85. The van der Waals surface area contributed by atoms with E-state index in [-0.39, 0.29) is 17.0 Å². The van der Waals surface area contributed by atoms with Crippen LogP contribution in [0.1, 0.15) is 5.56 Å². The highest BCUT2D eigenvalue weighted by Crippen LogP contribution is 2.22. The first-order chi connectivity index (χ1) is 9.04. The van der Waals surface area contributed by atoms with E-state index in [1.807, 2.05) is 0 Å². The Morgan fingerprint density at radius 3 is 2.68 bits per heavy atom. The summed E-state index contributed by atoms with van der Waals surface area (Å²) in [6.45, 7) is 1.73. The molecule has 0 saturated carbocycles. The molecule has 1 aromatic carbocycles. The van der Waals surface area contributed by atoms with Crippen molar-refractivity contribution in [1.29, 1.82) is 0 Å². The fourth-order valence-corrected chi connectivity index (χ4v) is 1.95. The third-order valence-corrected chi connectivity index (χ3v) is 2.83. The van der Waals surface area contributed by atoms with Crippen molar-refractivity contribution in [1.82, 2.24) is 19.9 Å². The van der Waals surface area contributed by atoms with Crippen LogP contribution in [0.4, 0.5) is 4.39 Å². The first-order valence-corrected chi connectivity index (χ1v) is 5.53. The van der Waals surface area contributed by atoms with Crippen molar-refractivity contribution in [3.63, 3.8) is 0 Å². The highest BCUT2D eigenvalue weighted by Gasteiger charge is 2.11.